The third kappa shape index (κ3) is 3.37. The average molecular weight is 334 g/mol. The van der Waals surface area contributed by atoms with Crippen molar-refractivity contribution in [2.45, 2.75) is 6.61 Å². The third-order valence-electron chi connectivity index (χ3n) is 2.96. The quantitative estimate of drug-likeness (QED) is 0.667. The first kappa shape index (κ1) is 15.2. The molecule has 2 heterocycles. The van der Waals surface area contributed by atoms with E-state index in [1.165, 1.54) is 30.6 Å². The van der Waals surface area contributed by atoms with E-state index in [1.807, 2.05) is 16.8 Å². The van der Waals surface area contributed by atoms with Gasteiger partial charge in [0.15, 0.2) is 18.2 Å². The normalized spacial score (nSPS) is 10.5. The SMILES string of the molecule is COc1ccc(C(=O)OCc2nc(-c3ccsc3)no2)cc1F. The summed E-state index contributed by atoms with van der Waals surface area (Å²) in [5, 5.41) is 7.57. The van der Waals surface area contributed by atoms with Gasteiger partial charge in [-0.2, -0.15) is 16.3 Å². The fourth-order valence-electron chi connectivity index (χ4n) is 1.83. The Morgan fingerprint density at radius 1 is 1.39 bits per heavy atom. The zero-order chi connectivity index (χ0) is 16.2. The standard InChI is InChI=1S/C15H11FN2O4S/c1-20-12-3-2-9(6-11(12)16)15(19)21-7-13-17-14(18-22-13)10-4-5-23-8-10/h2-6,8H,7H2,1H3. The molecule has 0 aliphatic carbocycles. The molecule has 0 saturated heterocycles. The van der Waals surface area contributed by atoms with Gasteiger partial charge in [-0.3, -0.25) is 0 Å². The van der Waals surface area contributed by atoms with Gasteiger partial charge < -0.3 is 14.0 Å². The second kappa shape index (κ2) is 6.57. The molecule has 0 aliphatic heterocycles. The Kier molecular flexibility index (Phi) is 4.33. The number of ether oxygens (including phenoxy) is 2. The van der Waals surface area contributed by atoms with E-state index in [1.54, 1.807) is 0 Å². The first-order chi connectivity index (χ1) is 11.2. The van der Waals surface area contributed by atoms with Crippen molar-refractivity contribution >= 4 is 17.3 Å². The molecule has 0 bridgehead atoms. The van der Waals surface area contributed by atoms with Crippen LogP contribution in [0.25, 0.3) is 11.4 Å². The highest BCUT2D eigenvalue weighted by Gasteiger charge is 2.14. The molecule has 0 saturated carbocycles. The number of methoxy groups -OCH3 is 1. The number of carbonyl (C=O) groups excluding carboxylic acids is 1. The number of rotatable bonds is 5. The van der Waals surface area contributed by atoms with Gasteiger partial charge in [-0.15, -0.1) is 0 Å². The maximum atomic E-state index is 13.6. The summed E-state index contributed by atoms with van der Waals surface area (Å²) in [4.78, 5) is 16.0. The molecule has 0 spiro atoms. The number of hydrogen-bond acceptors (Lipinski definition) is 7. The lowest BCUT2D eigenvalue weighted by atomic mass is 10.2. The molecule has 8 heteroatoms. The lowest BCUT2D eigenvalue weighted by Gasteiger charge is -2.04. The van der Waals surface area contributed by atoms with E-state index in [0.717, 1.165) is 11.6 Å². The Hall–Kier alpha value is -2.74. The summed E-state index contributed by atoms with van der Waals surface area (Å²) in [7, 11) is 1.34. The van der Waals surface area contributed by atoms with Gasteiger partial charge in [-0.1, -0.05) is 5.16 Å². The largest absolute Gasteiger partial charge is 0.494 e. The minimum Gasteiger partial charge on any atom is -0.494 e. The van der Waals surface area contributed by atoms with Crippen LogP contribution in [0.2, 0.25) is 0 Å². The minimum atomic E-state index is -0.693. The van der Waals surface area contributed by atoms with Gasteiger partial charge in [0, 0.05) is 10.9 Å². The Labute approximate surface area is 134 Å². The zero-order valence-electron chi connectivity index (χ0n) is 12.0. The molecule has 0 radical (unpaired) electrons. The van der Waals surface area contributed by atoms with Gasteiger partial charge in [0.05, 0.1) is 12.7 Å². The lowest BCUT2D eigenvalue weighted by Crippen LogP contribution is -2.06. The van der Waals surface area contributed by atoms with E-state index in [2.05, 4.69) is 10.1 Å². The predicted molar refractivity (Wildman–Crippen MR) is 79.7 cm³/mol. The highest BCUT2D eigenvalue weighted by molar-refractivity contribution is 7.08. The summed E-state index contributed by atoms with van der Waals surface area (Å²) in [5.74, 6) is -0.693. The van der Waals surface area contributed by atoms with Crippen LogP contribution in [0.4, 0.5) is 4.39 Å². The van der Waals surface area contributed by atoms with Crippen LogP contribution >= 0.6 is 11.3 Å². The summed E-state index contributed by atoms with van der Waals surface area (Å²) in [6.07, 6.45) is 0. The Morgan fingerprint density at radius 2 is 2.26 bits per heavy atom. The van der Waals surface area contributed by atoms with Crippen molar-refractivity contribution in [2.24, 2.45) is 0 Å². The molecule has 0 atom stereocenters. The van der Waals surface area contributed by atoms with E-state index in [4.69, 9.17) is 14.0 Å². The van der Waals surface area contributed by atoms with Crippen LogP contribution in [0.5, 0.6) is 5.75 Å². The zero-order valence-corrected chi connectivity index (χ0v) is 12.8. The van der Waals surface area contributed by atoms with Crippen molar-refractivity contribution in [3.8, 4) is 17.1 Å². The summed E-state index contributed by atoms with van der Waals surface area (Å²) in [6.45, 7) is -0.191. The molecule has 0 fully saturated rings. The van der Waals surface area contributed by atoms with Crippen molar-refractivity contribution in [3.63, 3.8) is 0 Å². The van der Waals surface area contributed by atoms with Crippen LogP contribution in [-0.2, 0) is 11.3 Å². The van der Waals surface area contributed by atoms with Gasteiger partial charge in [0.25, 0.3) is 5.89 Å². The molecule has 0 amide bonds. The molecule has 6 nitrogen and oxygen atoms in total. The van der Waals surface area contributed by atoms with Gasteiger partial charge >= 0.3 is 5.97 Å². The van der Waals surface area contributed by atoms with Crippen LogP contribution in [0.15, 0.2) is 39.5 Å². The maximum Gasteiger partial charge on any atom is 0.338 e. The van der Waals surface area contributed by atoms with E-state index in [-0.39, 0.29) is 23.8 Å². The Bertz CT molecular complexity index is 817. The molecule has 0 unspecified atom stereocenters. The molecule has 0 N–H and O–H groups in total. The van der Waals surface area contributed by atoms with E-state index < -0.39 is 11.8 Å². The molecular weight excluding hydrogens is 323 g/mol. The van der Waals surface area contributed by atoms with Crippen molar-refractivity contribution < 1.29 is 23.2 Å². The number of benzene rings is 1. The fourth-order valence-corrected chi connectivity index (χ4v) is 2.46. The summed E-state index contributed by atoms with van der Waals surface area (Å²) in [5.41, 5.74) is 0.898. The van der Waals surface area contributed by atoms with Gasteiger partial charge in [-0.05, 0) is 29.6 Å². The van der Waals surface area contributed by atoms with Gasteiger partial charge in [0.2, 0.25) is 5.82 Å². The summed E-state index contributed by atoms with van der Waals surface area (Å²) in [6, 6.07) is 5.67. The molecule has 23 heavy (non-hydrogen) atoms. The van der Waals surface area contributed by atoms with E-state index in [9.17, 15) is 9.18 Å². The minimum absolute atomic E-state index is 0.0545. The highest BCUT2D eigenvalue weighted by atomic mass is 32.1. The number of carbonyl (C=O) groups is 1. The van der Waals surface area contributed by atoms with Crippen LogP contribution < -0.4 is 4.74 Å². The monoisotopic (exact) mass is 334 g/mol. The van der Waals surface area contributed by atoms with Crippen molar-refractivity contribution in [1.82, 2.24) is 10.1 Å². The third-order valence-corrected chi connectivity index (χ3v) is 3.64. The number of nitrogens with zero attached hydrogens (tertiary/aromatic N) is 2. The van der Waals surface area contributed by atoms with Crippen molar-refractivity contribution in [1.29, 1.82) is 0 Å². The first-order valence-corrected chi connectivity index (χ1v) is 7.47. The number of esters is 1. The lowest BCUT2D eigenvalue weighted by molar-refractivity contribution is 0.0429. The fraction of sp³-hybridized carbons (Fsp3) is 0.133. The maximum absolute atomic E-state index is 13.6. The molecule has 118 valence electrons. The Balaban J connectivity index is 1.64. The van der Waals surface area contributed by atoms with Crippen LogP contribution in [0, 0.1) is 5.82 Å². The smallest absolute Gasteiger partial charge is 0.338 e. The van der Waals surface area contributed by atoms with Crippen LogP contribution in [0.3, 0.4) is 0 Å². The second-order valence-corrected chi connectivity index (χ2v) is 5.23. The van der Waals surface area contributed by atoms with Gasteiger partial charge in [0.1, 0.15) is 0 Å². The second-order valence-electron chi connectivity index (χ2n) is 4.45. The molecule has 2 aromatic heterocycles. The van der Waals surface area contributed by atoms with E-state index in [0.29, 0.717) is 5.82 Å². The number of halogens is 1. The van der Waals surface area contributed by atoms with Gasteiger partial charge in [-0.25, -0.2) is 9.18 Å². The molecule has 3 rings (SSSR count). The van der Waals surface area contributed by atoms with Crippen LogP contribution in [0.1, 0.15) is 16.2 Å². The first-order valence-electron chi connectivity index (χ1n) is 6.53. The van der Waals surface area contributed by atoms with E-state index >= 15 is 0 Å². The molecule has 1 aromatic carbocycles. The summed E-state index contributed by atoms with van der Waals surface area (Å²) >= 11 is 1.51. The predicted octanol–water partition coefficient (Wildman–Crippen LogP) is 3.30. The number of aromatic nitrogens is 2. The van der Waals surface area contributed by atoms with Crippen molar-refractivity contribution in [3.05, 3.63) is 52.3 Å². The molecule has 0 aliphatic rings. The number of hydrogen-bond donors (Lipinski definition) is 0. The molecule has 3 aromatic rings. The number of thiophene rings is 1. The molecular formula is C15H11FN2O4S. The highest BCUT2D eigenvalue weighted by Crippen LogP contribution is 2.20. The Morgan fingerprint density at radius 3 is 2.96 bits per heavy atom. The summed E-state index contributed by atoms with van der Waals surface area (Å²) < 4.78 is 28.4. The topological polar surface area (TPSA) is 74.5 Å². The van der Waals surface area contributed by atoms with Crippen LogP contribution in [-0.4, -0.2) is 23.2 Å². The van der Waals surface area contributed by atoms with Crippen molar-refractivity contribution in [2.75, 3.05) is 7.11 Å². The average Bonchev–Trinajstić information content (AvgIpc) is 3.23.